The summed E-state index contributed by atoms with van der Waals surface area (Å²) < 4.78 is 0. The molecule has 0 radical (unpaired) electrons. The normalized spacial score (nSPS) is 15.8. The van der Waals surface area contributed by atoms with Crippen LogP contribution in [0, 0.1) is 0 Å². The van der Waals surface area contributed by atoms with Gasteiger partial charge in [0.2, 0.25) is 5.95 Å². The van der Waals surface area contributed by atoms with Gasteiger partial charge in [0.1, 0.15) is 0 Å². The highest BCUT2D eigenvalue weighted by Gasteiger charge is 2.17. The highest BCUT2D eigenvalue weighted by Crippen LogP contribution is 2.33. The van der Waals surface area contributed by atoms with Gasteiger partial charge < -0.3 is 10.4 Å². The Morgan fingerprint density at radius 3 is 2.61 bits per heavy atom. The van der Waals surface area contributed by atoms with Gasteiger partial charge in [-0.2, -0.15) is 0 Å². The van der Waals surface area contributed by atoms with Crippen molar-refractivity contribution in [2.75, 3.05) is 11.9 Å². The third kappa shape index (κ3) is 3.68. The Morgan fingerprint density at radius 2 is 2.00 bits per heavy atom. The fourth-order valence-electron chi connectivity index (χ4n) is 2.34. The third-order valence-corrected chi connectivity index (χ3v) is 3.35. The summed E-state index contributed by atoms with van der Waals surface area (Å²) in [5, 5.41) is 11.5. The van der Waals surface area contributed by atoms with Crippen LogP contribution in [0.5, 0.6) is 0 Å². The van der Waals surface area contributed by atoms with Gasteiger partial charge in [0, 0.05) is 25.4 Å². The van der Waals surface area contributed by atoms with E-state index in [9.17, 15) is 4.79 Å². The number of nitrogens with one attached hydrogen (secondary N) is 1. The number of aliphatic carboxylic acids is 1. The first-order valence-corrected chi connectivity index (χ1v) is 6.53. The Bertz CT molecular complexity index is 386. The lowest BCUT2D eigenvalue weighted by atomic mass is 10.0. The first-order chi connectivity index (χ1) is 8.75. The predicted octanol–water partition coefficient (Wildman–Crippen LogP) is 2.41. The minimum absolute atomic E-state index is 0.174. The van der Waals surface area contributed by atoms with Gasteiger partial charge in [-0.3, -0.25) is 4.79 Å². The minimum atomic E-state index is -0.769. The summed E-state index contributed by atoms with van der Waals surface area (Å²) in [6, 6.07) is 0. The summed E-state index contributed by atoms with van der Waals surface area (Å²) in [4.78, 5) is 18.9. The standard InChI is InChI=1S/C13H19N3O2/c17-12(18)6-3-7-14-13-15-8-11(9-16-13)10-4-1-2-5-10/h8-10H,1-7H2,(H,17,18)(H,14,15,16). The molecule has 1 aromatic heterocycles. The van der Waals surface area contributed by atoms with E-state index in [0.717, 1.165) is 0 Å². The molecule has 0 saturated heterocycles. The lowest BCUT2D eigenvalue weighted by molar-refractivity contribution is -0.137. The molecule has 1 aromatic rings. The smallest absolute Gasteiger partial charge is 0.303 e. The Morgan fingerprint density at radius 1 is 1.33 bits per heavy atom. The molecule has 5 nitrogen and oxygen atoms in total. The average molecular weight is 249 g/mol. The van der Waals surface area contributed by atoms with Crippen LogP contribution < -0.4 is 5.32 Å². The molecule has 18 heavy (non-hydrogen) atoms. The van der Waals surface area contributed by atoms with Gasteiger partial charge in [0.05, 0.1) is 0 Å². The highest BCUT2D eigenvalue weighted by molar-refractivity contribution is 5.66. The zero-order chi connectivity index (χ0) is 12.8. The van der Waals surface area contributed by atoms with Crippen molar-refractivity contribution >= 4 is 11.9 Å². The average Bonchev–Trinajstić information content (AvgIpc) is 2.89. The number of hydrogen-bond donors (Lipinski definition) is 2. The fraction of sp³-hybridized carbons (Fsp3) is 0.615. The van der Waals surface area contributed by atoms with E-state index in [2.05, 4.69) is 15.3 Å². The molecule has 98 valence electrons. The molecule has 0 bridgehead atoms. The van der Waals surface area contributed by atoms with Crippen molar-refractivity contribution in [1.82, 2.24) is 9.97 Å². The highest BCUT2D eigenvalue weighted by atomic mass is 16.4. The quantitative estimate of drug-likeness (QED) is 0.757. The molecule has 1 saturated carbocycles. The lowest BCUT2D eigenvalue weighted by Gasteiger charge is -2.09. The van der Waals surface area contributed by atoms with E-state index in [-0.39, 0.29) is 6.42 Å². The molecule has 1 aliphatic rings. The van der Waals surface area contributed by atoms with Crippen LogP contribution in [0.4, 0.5) is 5.95 Å². The molecule has 5 heteroatoms. The van der Waals surface area contributed by atoms with E-state index in [1.54, 1.807) is 0 Å². The second kappa shape index (κ2) is 6.33. The number of rotatable bonds is 6. The second-order valence-electron chi connectivity index (χ2n) is 4.75. The molecule has 2 N–H and O–H groups in total. The van der Waals surface area contributed by atoms with Gasteiger partial charge in [-0.1, -0.05) is 12.8 Å². The first-order valence-electron chi connectivity index (χ1n) is 6.53. The number of carboxylic acid groups (broad SMARTS) is 1. The zero-order valence-corrected chi connectivity index (χ0v) is 10.4. The zero-order valence-electron chi connectivity index (χ0n) is 10.4. The number of nitrogens with zero attached hydrogens (tertiary/aromatic N) is 2. The van der Waals surface area contributed by atoms with E-state index in [4.69, 9.17) is 5.11 Å². The van der Waals surface area contributed by atoms with Gasteiger partial charge >= 0.3 is 5.97 Å². The van der Waals surface area contributed by atoms with E-state index in [1.807, 2.05) is 12.4 Å². The van der Waals surface area contributed by atoms with Crippen LogP contribution in [0.15, 0.2) is 12.4 Å². The molecule has 0 aliphatic heterocycles. The summed E-state index contributed by atoms with van der Waals surface area (Å²) in [5.74, 6) is 0.447. The molecule has 1 fully saturated rings. The largest absolute Gasteiger partial charge is 0.481 e. The third-order valence-electron chi connectivity index (χ3n) is 3.35. The van der Waals surface area contributed by atoms with Crippen molar-refractivity contribution in [3.8, 4) is 0 Å². The summed E-state index contributed by atoms with van der Waals surface area (Å²) in [6.07, 6.45) is 9.64. The van der Waals surface area contributed by atoms with E-state index in [0.29, 0.717) is 24.8 Å². The van der Waals surface area contributed by atoms with Crippen molar-refractivity contribution in [2.45, 2.75) is 44.4 Å². The van der Waals surface area contributed by atoms with Gasteiger partial charge in [0.15, 0.2) is 0 Å². The van der Waals surface area contributed by atoms with Gasteiger partial charge in [-0.05, 0) is 30.7 Å². The molecule has 0 amide bonds. The van der Waals surface area contributed by atoms with Gasteiger partial charge in [0.25, 0.3) is 0 Å². The Kier molecular flexibility index (Phi) is 4.50. The number of carboxylic acids is 1. The number of hydrogen-bond acceptors (Lipinski definition) is 4. The van der Waals surface area contributed by atoms with E-state index < -0.39 is 5.97 Å². The Hall–Kier alpha value is -1.65. The number of anilines is 1. The summed E-state index contributed by atoms with van der Waals surface area (Å²) >= 11 is 0. The molecule has 2 rings (SSSR count). The predicted molar refractivity (Wildman–Crippen MR) is 68.6 cm³/mol. The lowest BCUT2D eigenvalue weighted by Crippen LogP contribution is -2.08. The maximum Gasteiger partial charge on any atom is 0.303 e. The van der Waals surface area contributed by atoms with Crippen LogP contribution in [0.3, 0.4) is 0 Å². The monoisotopic (exact) mass is 249 g/mol. The summed E-state index contributed by atoms with van der Waals surface area (Å²) in [5.41, 5.74) is 1.23. The molecule has 0 spiro atoms. The van der Waals surface area contributed by atoms with Crippen LogP contribution in [-0.2, 0) is 4.79 Å². The maximum absolute atomic E-state index is 10.3. The Balaban J connectivity index is 1.78. The fourth-order valence-corrected chi connectivity index (χ4v) is 2.34. The minimum Gasteiger partial charge on any atom is -0.481 e. The molecular weight excluding hydrogens is 230 g/mol. The summed E-state index contributed by atoms with van der Waals surface area (Å²) in [6.45, 7) is 0.592. The summed E-state index contributed by atoms with van der Waals surface area (Å²) in [7, 11) is 0. The Labute approximate surface area is 107 Å². The van der Waals surface area contributed by atoms with Gasteiger partial charge in [-0.25, -0.2) is 9.97 Å². The van der Waals surface area contributed by atoms with Crippen molar-refractivity contribution in [1.29, 1.82) is 0 Å². The molecular formula is C13H19N3O2. The molecule has 1 heterocycles. The van der Waals surface area contributed by atoms with Crippen molar-refractivity contribution in [3.63, 3.8) is 0 Å². The van der Waals surface area contributed by atoms with E-state index in [1.165, 1.54) is 31.2 Å². The second-order valence-corrected chi connectivity index (χ2v) is 4.75. The van der Waals surface area contributed by atoms with Crippen LogP contribution in [0.2, 0.25) is 0 Å². The maximum atomic E-state index is 10.3. The molecule has 0 aromatic carbocycles. The van der Waals surface area contributed by atoms with Crippen molar-refractivity contribution in [2.24, 2.45) is 0 Å². The van der Waals surface area contributed by atoms with Crippen LogP contribution in [0.25, 0.3) is 0 Å². The first kappa shape index (κ1) is 12.8. The van der Waals surface area contributed by atoms with E-state index >= 15 is 0 Å². The number of aromatic nitrogens is 2. The number of carbonyl (C=O) groups is 1. The van der Waals surface area contributed by atoms with Crippen LogP contribution >= 0.6 is 0 Å². The molecule has 0 atom stereocenters. The van der Waals surface area contributed by atoms with Gasteiger partial charge in [-0.15, -0.1) is 0 Å². The molecule has 0 unspecified atom stereocenters. The van der Waals surface area contributed by atoms with Crippen LogP contribution in [0.1, 0.15) is 50.0 Å². The molecule has 1 aliphatic carbocycles. The van der Waals surface area contributed by atoms with Crippen molar-refractivity contribution in [3.05, 3.63) is 18.0 Å². The topological polar surface area (TPSA) is 75.1 Å². The SMILES string of the molecule is O=C(O)CCCNc1ncc(C2CCCC2)cn1. The van der Waals surface area contributed by atoms with Crippen LogP contribution in [-0.4, -0.2) is 27.6 Å². The van der Waals surface area contributed by atoms with Crippen molar-refractivity contribution < 1.29 is 9.90 Å².